The fraction of sp³-hybridized carbons (Fsp3) is 0.174. The Hall–Kier alpha value is -3.52. The van der Waals surface area contributed by atoms with Gasteiger partial charge in [0.25, 0.3) is 21.6 Å². The number of rotatable bonds is 5. The number of carbonyl (C=O) groups is 1. The highest BCUT2D eigenvalue weighted by molar-refractivity contribution is 7.89. The number of sulfonamides is 1. The van der Waals surface area contributed by atoms with Crippen molar-refractivity contribution in [1.29, 1.82) is 0 Å². The standard InChI is InChI=1S/C23H20N2O5S/c1-16-6-5-9-18-15-20(14-17-7-3-2-4-8-17)24(23(26)22(16)18)31(29,30)21-12-10-19(11-13-21)25(27)28/h2-13,20H,14-15H2,1H3/i20D. The molecule has 0 fully saturated rings. The van der Waals surface area contributed by atoms with E-state index in [-0.39, 0.29) is 29.0 Å². The number of hydrogen-bond donors (Lipinski definition) is 0. The van der Waals surface area contributed by atoms with E-state index in [0.717, 1.165) is 29.8 Å². The van der Waals surface area contributed by atoms with E-state index in [4.69, 9.17) is 0 Å². The summed E-state index contributed by atoms with van der Waals surface area (Å²) < 4.78 is 37.1. The zero-order valence-electron chi connectivity index (χ0n) is 17.7. The summed E-state index contributed by atoms with van der Waals surface area (Å²) in [7, 11) is -4.47. The quantitative estimate of drug-likeness (QED) is 0.445. The van der Waals surface area contributed by atoms with Crippen molar-refractivity contribution < 1.29 is 19.5 Å². The first kappa shape index (κ1) is 19.4. The largest absolute Gasteiger partial charge is 0.269 e. The minimum absolute atomic E-state index is 0.000820. The third-order valence-electron chi connectivity index (χ3n) is 5.28. The molecule has 0 saturated heterocycles. The van der Waals surface area contributed by atoms with E-state index < -0.39 is 26.9 Å². The van der Waals surface area contributed by atoms with Gasteiger partial charge in [0, 0.05) is 17.7 Å². The van der Waals surface area contributed by atoms with E-state index in [1.807, 2.05) is 6.07 Å². The predicted molar refractivity (Wildman–Crippen MR) is 115 cm³/mol. The molecule has 0 aromatic heterocycles. The van der Waals surface area contributed by atoms with Gasteiger partial charge in [0.1, 0.15) is 0 Å². The van der Waals surface area contributed by atoms with Crippen molar-refractivity contribution in [3.8, 4) is 0 Å². The first-order valence-corrected chi connectivity index (χ1v) is 11.0. The average molecular weight is 437 g/mol. The number of fused-ring (bicyclic) bond motifs is 1. The molecule has 8 heteroatoms. The topological polar surface area (TPSA) is 97.6 Å². The molecule has 1 amide bonds. The van der Waals surface area contributed by atoms with Crippen molar-refractivity contribution >= 4 is 21.6 Å². The number of aryl methyl sites for hydroxylation is 1. The molecule has 0 N–H and O–H groups in total. The van der Waals surface area contributed by atoms with Gasteiger partial charge in [-0.2, -0.15) is 0 Å². The summed E-state index contributed by atoms with van der Waals surface area (Å²) in [5.41, 5.74) is 1.97. The van der Waals surface area contributed by atoms with E-state index in [1.54, 1.807) is 49.4 Å². The lowest BCUT2D eigenvalue weighted by Crippen LogP contribution is -2.50. The fourth-order valence-electron chi connectivity index (χ4n) is 3.81. The molecule has 3 aromatic carbocycles. The zero-order chi connectivity index (χ0) is 23.1. The van der Waals surface area contributed by atoms with Gasteiger partial charge in [-0.15, -0.1) is 0 Å². The molecule has 0 spiro atoms. The molecule has 1 atom stereocenters. The Morgan fingerprint density at radius 2 is 1.74 bits per heavy atom. The highest BCUT2D eigenvalue weighted by Crippen LogP contribution is 2.32. The Balaban J connectivity index is 1.87. The minimum Gasteiger partial charge on any atom is -0.268 e. The van der Waals surface area contributed by atoms with Crippen LogP contribution < -0.4 is 0 Å². The molecule has 3 aromatic rings. The van der Waals surface area contributed by atoms with Gasteiger partial charge >= 0.3 is 0 Å². The van der Waals surface area contributed by atoms with Crippen LogP contribution in [-0.4, -0.2) is 29.6 Å². The first-order valence-electron chi connectivity index (χ1n) is 10.1. The van der Waals surface area contributed by atoms with Crippen LogP contribution in [0.4, 0.5) is 5.69 Å². The van der Waals surface area contributed by atoms with Gasteiger partial charge in [0.2, 0.25) is 0 Å². The lowest BCUT2D eigenvalue weighted by Gasteiger charge is -2.36. The first-order chi connectivity index (χ1) is 15.1. The third-order valence-corrected chi connectivity index (χ3v) is 7.05. The molecule has 7 nitrogen and oxygen atoms in total. The lowest BCUT2D eigenvalue weighted by atomic mass is 9.89. The number of amides is 1. The van der Waals surface area contributed by atoms with Crippen LogP contribution in [0.25, 0.3) is 0 Å². The van der Waals surface area contributed by atoms with Crippen LogP contribution in [-0.2, 0) is 22.9 Å². The van der Waals surface area contributed by atoms with E-state index in [2.05, 4.69) is 0 Å². The van der Waals surface area contributed by atoms with Crippen LogP contribution in [0.2, 0.25) is 0 Å². The molecule has 1 unspecified atom stereocenters. The number of nitro groups is 1. The fourth-order valence-corrected chi connectivity index (χ4v) is 5.28. The van der Waals surface area contributed by atoms with Crippen molar-refractivity contribution in [2.45, 2.75) is 30.7 Å². The van der Waals surface area contributed by atoms with Gasteiger partial charge in [0.05, 0.1) is 17.2 Å². The van der Waals surface area contributed by atoms with Crippen molar-refractivity contribution in [2.75, 3.05) is 0 Å². The second-order valence-corrected chi connectivity index (χ2v) is 9.13. The molecule has 1 heterocycles. The van der Waals surface area contributed by atoms with Crippen LogP contribution >= 0.6 is 0 Å². The maximum atomic E-state index is 13.6. The Morgan fingerprint density at radius 3 is 2.39 bits per heavy atom. The second kappa shape index (κ2) is 7.96. The molecule has 31 heavy (non-hydrogen) atoms. The van der Waals surface area contributed by atoms with Crippen molar-refractivity contribution in [1.82, 2.24) is 4.31 Å². The number of nitro benzene ring substituents is 1. The summed E-state index contributed by atoms with van der Waals surface area (Å²) in [5, 5.41) is 11.0. The summed E-state index contributed by atoms with van der Waals surface area (Å²) in [6.07, 6.45) is 0.0238. The summed E-state index contributed by atoms with van der Waals surface area (Å²) in [5.74, 6) is -0.770. The van der Waals surface area contributed by atoms with E-state index in [0.29, 0.717) is 15.4 Å². The van der Waals surface area contributed by atoms with E-state index in [9.17, 15) is 24.7 Å². The number of non-ortho nitro benzene ring substituents is 1. The highest BCUT2D eigenvalue weighted by atomic mass is 32.2. The van der Waals surface area contributed by atoms with Crippen LogP contribution in [0.15, 0.2) is 77.7 Å². The van der Waals surface area contributed by atoms with Gasteiger partial charge in [-0.05, 0) is 48.6 Å². The van der Waals surface area contributed by atoms with Gasteiger partial charge in [0.15, 0.2) is 0 Å². The second-order valence-electron chi connectivity index (χ2n) is 7.34. The van der Waals surface area contributed by atoms with Gasteiger partial charge < -0.3 is 0 Å². The highest BCUT2D eigenvalue weighted by Gasteiger charge is 2.41. The van der Waals surface area contributed by atoms with E-state index in [1.165, 1.54) is 0 Å². The van der Waals surface area contributed by atoms with Gasteiger partial charge in [-0.25, -0.2) is 12.7 Å². The van der Waals surface area contributed by atoms with Gasteiger partial charge in [-0.1, -0.05) is 48.5 Å². The van der Waals surface area contributed by atoms with Crippen LogP contribution in [0.3, 0.4) is 0 Å². The molecular formula is C23H20N2O5S. The molecule has 0 saturated carbocycles. The Labute approximate surface area is 181 Å². The minimum atomic E-state index is -4.47. The molecule has 158 valence electrons. The summed E-state index contributed by atoms with van der Waals surface area (Å²) >= 11 is 0. The number of benzene rings is 3. The maximum absolute atomic E-state index is 13.6. The number of nitrogens with zero attached hydrogens (tertiary/aromatic N) is 2. The Morgan fingerprint density at radius 1 is 1.06 bits per heavy atom. The number of hydrogen-bond acceptors (Lipinski definition) is 5. The van der Waals surface area contributed by atoms with Crippen LogP contribution in [0.1, 0.15) is 28.4 Å². The number of carbonyl (C=O) groups excluding carboxylic acids is 1. The SMILES string of the molecule is [2H]C1(Cc2ccccc2)Cc2cccc(C)c2C(=O)N1S(=O)(=O)c1ccc([N+](=O)[O-])cc1. The molecule has 0 aliphatic carbocycles. The molecule has 1 aliphatic rings. The molecule has 1 aliphatic heterocycles. The van der Waals surface area contributed by atoms with Crippen molar-refractivity contribution in [3.63, 3.8) is 0 Å². The average Bonchev–Trinajstić information content (AvgIpc) is 2.73. The summed E-state index contributed by atoms with van der Waals surface area (Å²) in [6.45, 7) is 1.72. The lowest BCUT2D eigenvalue weighted by molar-refractivity contribution is -0.384. The van der Waals surface area contributed by atoms with Crippen LogP contribution in [0.5, 0.6) is 0 Å². The van der Waals surface area contributed by atoms with E-state index >= 15 is 0 Å². The Bertz CT molecular complexity index is 1310. The zero-order valence-corrected chi connectivity index (χ0v) is 17.5. The van der Waals surface area contributed by atoms with Gasteiger partial charge in [-0.3, -0.25) is 14.9 Å². The molecule has 4 rings (SSSR count). The van der Waals surface area contributed by atoms with Crippen LogP contribution in [0, 0.1) is 17.0 Å². The Kier molecular flexibility index (Phi) is 4.99. The third kappa shape index (κ3) is 3.82. The molecular weight excluding hydrogens is 416 g/mol. The molecule has 0 bridgehead atoms. The predicted octanol–water partition coefficient (Wildman–Crippen LogP) is 3.90. The molecule has 0 radical (unpaired) electrons. The monoisotopic (exact) mass is 437 g/mol. The van der Waals surface area contributed by atoms with Crippen molar-refractivity contribution in [2.24, 2.45) is 0 Å². The summed E-state index contributed by atoms with van der Waals surface area (Å²) in [4.78, 5) is 23.6. The maximum Gasteiger partial charge on any atom is 0.269 e. The normalized spacial score (nSPS) is 18.9. The smallest absolute Gasteiger partial charge is 0.268 e. The summed E-state index contributed by atoms with van der Waals surface area (Å²) in [6, 6.07) is 16.7. The van der Waals surface area contributed by atoms with Crippen molar-refractivity contribution in [3.05, 3.63) is 105 Å².